The summed E-state index contributed by atoms with van der Waals surface area (Å²) in [4.78, 5) is 11.6. The molecular formula is C15H31NO. The quantitative estimate of drug-likeness (QED) is 0.554. The molecule has 2 N–H and O–H groups in total. The summed E-state index contributed by atoms with van der Waals surface area (Å²) in [6.07, 6.45) is 10.2. The van der Waals surface area contributed by atoms with Crippen LogP contribution in [0.25, 0.3) is 0 Å². The highest BCUT2D eigenvalue weighted by atomic mass is 16.1. The van der Waals surface area contributed by atoms with E-state index < -0.39 is 0 Å². The molecule has 17 heavy (non-hydrogen) atoms. The average Bonchev–Trinajstić information content (AvgIpc) is 2.27. The molecule has 0 aliphatic rings. The van der Waals surface area contributed by atoms with Crippen molar-refractivity contribution in [2.75, 3.05) is 0 Å². The molecule has 0 aromatic carbocycles. The summed E-state index contributed by atoms with van der Waals surface area (Å²) >= 11 is 0. The van der Waals surface area contributed by atoms with Gasteiger partial charge in [-0.05, 0) is 12.3 Å². The predicted octanol–water partition coefficient (Wildman–Crippen LogP) is 4.07. The van der Waals surface area contributed by atoms with Gasteiger partial charge in [0.2, 0.25) is 0 Å². The number of hydrogen-bond acceptors (Lipinski definition) is 2. The summed E-state index contributed by atoms with van der Waals surface area (Å²) in [6.45, 7) is 6.38. The van der Waals surface area contributed by atoms with Crippen molar-refractivity contribution in [3.63, 3.8) is 0 Å². The normalized spacial score (nSPS) is 13.0. The summed E-state index contributed by atoms with van der Waals surface area (Å²) in [5, 5.41) is 0. The Morgan fingerprint density at radius 3 is 2.06 bits per heavy atom. The van der Waals surface area contributed by atoms with Gasteiger partial charge in [-0.1, -0.05) is 59.3 Å². The molecule has 0 aliphatic heterocycles. The van der Waals surface area contributed by atoms with Crippen LogP contribution in [0.5, 0.6) is 0 Å². The van der Waals surface area contributed by atoms with Crippen molar-refractivity contribution in [3.05, 3.63) is 0 Å². The van der Waals surface area contributed by atoms with E-state index >= 15 is 0 Å². The Balaban J connectivity index is 3.33. The summed E-state index contributed by atoms with van der Waals surface area (Å²) in [5.74, 6) is 0.757. The number of rotatable bonds is 11. The van der Waals surface area contributed by atoms with Crippen molar-refractivity contribution in [2.45, 2.75) is 84.6 Å². The third-order valence-electron chi connectivity index (χ3n) is 3.38. The Bertz CT molecular complexity index is 189. The average molecular weight is 241 g/mol. The topological polar surface area (TPSA) is 43.1 Å². The molecule has 0 aromatic rings. The van der Waals surface area contributed by atoms with Gasteiger partial charge >= 0.3 is 0 Å². The van der Waals surface area contributed by atoms with E-state index in [4.69, 9.17) is 5.73 Å². The molecule has 0 saturated carbocycles. The fourth-order valence-corrected chi connectivity index (χ4v) is 1.88. The Hall–Kier alpha value is -0.370. The number of Topliss-reactive ketones (excluding diaryl/α,β-unsaturated/α-hetero) is 1. The number of carbonyl (C=O) groups excluding carboxylic acids is 1. The van der Waals surface area contributed by atoms with Crippen molar-refractivity contribution in [1.82, 2.24) is 0 Å². The van der Waals surface area contributed by atoms with Gasteiger partial charge in [-0.15, -0.1) is 0 Å². The minimum atomic E-state index is 0.0482. The number of nitrogens with two attached hydrogens (primary N) is 1. The third-order valence-corrected chi connectivity index (χ3v) is 3.38. The minimum absolute atomic E-state index is 0.0482. The summed E-state index contributed by atoms with van der Waals surface area (Å²) in [6, 6.07) is 0.0482. The molecule has 2 heteroatoms. The first-order valence-corrected chi connectivity index (χ1v) is 7.35. The molecule has 0 spiro atoms. The van der Waals surface area contributed by atoms with E-state index in [-0.39, 0.29) is 6.04 Å². The van der Waals surface area contributed by atoms with Crippen LogP contribution >= 0.6 is 0 Å². The maximum Gasteiger partial charge on any atom is 0.134 e. The zero-order valence-electron chi connectivity index (χ0n) is 12.0. The van der Waals surface area contributed by atoms with E-state index in [1.165, 1.54) is 38.5 Å². The number of carbonyl (C=O) groups is 1. The van der Waals surface area contributed by atoms with Crippen molar-refractivity contribution in [2.24, 2.45) is 11.7 Å². The molecule has 0 radical (unpaired) electrons. The summed E-state index contributed by atoms with van der Waals surface area (Å²) < 4.78 is 0. The van der Waals surface area contributed by atoms with Gasteiger partial charge in [0.1, 0.15) is 5.78 Å². The molecule has 0 aromatic heterocycles. The smallest absolute Gasteiger partial charge is 0.134 e. The minimum Gasteiger partial charge on any atom is -0.327 e. The number of ketones is 1. The van der Waals surface area contributed by atoms with Crippen LogP contribution in [0.4, 0.5) is 0 Å². The van der Waals surface area contributed by atoms with Crippen molar-refractivity contribution in [1.29, 1.82) is 0 Å². The molecule has 2 nitrogen and oxygen atoms in total. The lowest BCUT2D eigenvalue weighted by Gasteiger charge is -2.14. The molecule has 0 fully saturated rings. The fourth-order valence-electron chi connectivity index (χ4n) is 1.88. The van der Waals surface area contributed by atoms with Crippen LogP contribution in [0.15, 0.2) is 0 Å². The second-order valence-corrected chi connectivity index (χ2v) is 5.52. The third kappa shape index (κ3) is 10.5. The van der Waals surface area contributed by atoms with Crippen molar-refractivity contribution in [3.8, 4) is 0 Å². The molecule has 102 valence electrons. The van der Waals surface area contributed by atoms with E-state index in [0.717, 1.165) is 12.8 Å². The predicted molar refractivity (Wildman–Crippen MR) is 75.0 cm³/mol. The Morgan fingerprint density at radius 2 is 1.53 bits per heavy atom. The number of unbranched alkanes of at least 4 members (excludes halogenated alkanes) is 6. The molecule has 1 atom stereocenters. The maximum absolute atomic E-state index is 11.6. The van der Waals surface area contributed by atoms with Crippen LogP contribution < -0.4 is 5.73 Å². The van der Waals surface area contributed by atoms with Gasteiger partial charge in [0.25, 0.3) is 0 Å². The van der Waals surface area contributed by atoms with Crippen LogP contribution in [0.3, 0.4) is 0 Å². The van der Waals surface area contributed by atoms with Crippen LogP contribution in [0.2, 0.25) is 0 Å². The van der Waals surface area contributed by atoms with E-state index in [2.05, 4.69) is 20.8 Å². The molecular weight excluding hydrogens is 210 g/mol. The highest BCUT2D eigenvalue weighted by Crippen LogP contribution is 2.11. The molecule has 0 amide bonds. The lowest BCUT2D eigenvalue weighted by Crippen LogP contribution is -2.29. The SMILES string of the molecule is CCCCCCCCCC(=O)CC(N)C(C)C. The Kier molecular flexibility index (Phi) is 10.5. The first kappa shape index (κ1) is 16.6. The highest BCUT2D eigenvalue weighted by molar-refractivity contribution is 5.78. The molecule has 0 aliphatic carbocycles. The molecule has 1 unspecified atom stereocenters. The van der Waals surface area contributed by atoms with Gasteiger partial charge in [-0.25, -0.2) is 0 Å². The second-order valence-electron chi connectivity index (χ2n) is 5.52. The van der Waals surface area contributed by atoms with Gasteiger partial charge in [-0.3, -0.25) is 4.79 Å². The highest BCUT2D eigenvalue weighted by Gasteiger charge is 2.12. The molecule has 0 bridgehead atoms. The first-order chi connectivity index (χ1) is 8.07. The zero-order valence-corrected chi connectivity index (χ0v) is 12.0. The lowest BCUT2D eigenvalue weighted by atomic mass is 9.97. The van der Waals surface area contributed by atoms with Gasteiger partial charge in [0.15, 0.2) is 0 Å². The molecule has 0 saturated heterocycles. The monoisotopic (exact) mass is 241 g/mol. The summed E-state index contributed by atoms with van der Waals surface area (Å²) in [5.41, 5.74) is 5.88. The van der Waals surface area contributed by atoms with Crippen LogP contribution in [0.1, 0.15) is 78.6 Å². The first-order valence-electron chi connectivity index (χ1n) is 7.35. The molecule has 0 rings (SSSR count). The largest absolute Gasteiger partial charge is 0.327 e. The lowest BCUT2D eigenvalue weighted by molar-refractivity contribution is -0.119. The second kappa shape index (κ2) is 10.8. The van der Waals surface area contributed by atoms with Crippen LogP contribution in [-0.2, 0) is 4.79 Å². The summed E-state index contributed by atoms with van der Waals surface area (Å²) in [7, 11) is 0. The van der Waals surface area contributed by atoms with Crippen molar-refractivity contribution >= 4 is 5.78 Å². The van der Waals surface area contributed by atoms with Gasteiger partial charge < -0.3 is 5.73 Å². The van der Waals surface area contributed by atoms with Crippen molar-refractivity contribution < 1.29 is 4.79 Å². The van der Waals surface area contributed by atoms with E-state index in [9.17, 15) is 4.79 Å². The Labute approximate surface area is 107 Å². The van der Waals surface area contributed by atoms with Gasteiger partial charge in [0.05, 0.1) is 0 Å². The van der Waals surface area contributed by atoms with E-state index in [0.29, 0.717) is 18.1 Å². The van der Waals surface area contributed by atoms with Gasteiger partial charge in [0, 0.05) is 18.9 Å². The standard InChI is InChI=1S/C15H31NO/c1-4-5-6-7-8-9-10-11-14(17)12-15(16)13(2)3/h13,15H,4-12,16H2,1-3H3. The van der Waals surface area contributed by atoms with Gasteiger partial charge in [-0.2, -0.15) is 0 Å². The van der Waals surface area contributed by atoms with Crippen LogP contribution in [0, 0.1) is 5.92 Å². The fraction of sp³-hybridized carbons (Fsp3) is 0.933. The maximum atomic E-state index is 11.6. The number of hydrogen-bond donors (Lipinski definition) is 1. The molecule has 0 heterocycles. The zero-order chi connectivity index (χ0) is 13.1. The Morgan fingerprint density at radius 1 is 1.00 bits per heavy atom. The van der Waals surface area contributed by atoms with E-state index in [1.807, 2.05) is 0 Å². The van der Waals surface area contributed by atoms with Crippen LogP contribution in [-0.4, -0.2) is 11.8 Å². The van der Waals surface area contributed by atoms with E-state index in [1.54, 1.807) is 0 Å².